The summed E-state index contributed by atoms with van der Waals surface area (Å²) in [6, 6.07) is 0.638. The lowest BCUT2D eigenvalue weighted by molar-refractivity contribution is 0.798. The zero-order chi connectivity index (χ0) is 11.7. The number of hydrogen-bond donors (Lipinski definition) is 2. The number of rotatable bonds is 4. The molecule has 2 saturated carbocycles. The molecule has 0 atom stereocenters. The van der Waals surface area contributed by atoms with Gasteiger partial charge in [-0.3, -0.25) is 4.99 Å². The van der Waals surface area contributed by atoms with E-state index in [-0.39, 0.29) is 0 Å². The van der Waals surface area contributed by atoms with Crippen molar-refractivity contribution in [2.75, 3.05) is 7.05 Å². The summed E-state index contributed by atoms with van der Waals surface area (Å²) in [5, 5.41) is 10.0. The molecular weight excluding hydrogens is 232 g/mol. The number of guanidine groups is 1. The van der Waals surface area contributed by atoms with Gasteiger partial charge in [0.25, 0.3) is 0 Å². The van der Waals surface area contributed by atoms with Gasteiger partial charge in [-0.05, 0) is 25.7 Å². The molecule has 5 heteroatoms. The summed E-state index contributed by atoms with van der Waals surface area (Å²) >= 11 is 1.75. The monoisotopic (exact) mass is 250 g/mol. The van der Waals surface area contributed by atoms with Crippen LogP contribution >= 0.6 is 11.3 Å². The van der Waals surface area contributed by atoms with Gasteiger partial charge < -0.3 is 10.6 Å². The molecule has 2 aliphatic carbocycles. The molecule has 0 unspecified atom stereocenters. The van der Waals surface area contributed by atoms with Crippen molar-refractivity contribution < 1.29 is 0 Å². The number of hydrogen-bond acceptors (Lipinski definition) is 3. The predicted molar refractivity (Wildman–Crippen MR) is 70.4 cm³/mol. The molecule has 1 aromatic rings. The second-order valence-corrected chi connectivity index (χ2v) is 5.73. The highest BCUT2D eigenvalue weighted by atomic mass is 32.1. The molecule has 0 amide bonds. The van der Waals surface area contributed by atoms with Crippen LogP contribution in [0.2, 0.25) is 0 Å². The third kappa shape index (κ3) is 2.97. The summed E-state index contributed by atoms with van der Waals surface area (Å²) < 4.78 is 0. The summed E-state index contributed by atoms with van der Waals surface area (Å²) in [5.74, 6) is 1.65. The normalized spacial score (nSPS) is 20.4. The second-order valence-electron chi connectivity index (χ2n) is 4.78. The second kappa shape index (κ2) is 4.64. The summed E-state index contributed by atoms with van der Waals surface area (Å²) in [5.41, 5.74) is 1.29. The quantitative estimate of drug-likeness (QED) is 0.633. The average Bonchev–Trinajstić information content (AvgIpc) is 3.26. The molecule has 2 fully saturated rings. The minimum atomic E-state index is 0.638. The van der Waals surface area contributed by atoms with Crippen LogP contribution in [0.15, 0.2) is 10.4 Å². The van der Waals surface area contributed by atoms with Gasteiger partial charge in [0.05, 0.1) is 12.2 Å². The lowest BCUT2D eigenvalue weighted by atomic mass is 10.3. The molecule has 92 valence electrons. The van der Waals surface area contributed by atoms with Crippen LogP contribution in [0.5, 0.6) is 0 Å². The van der Waals surface area contributed by atoms with Gasteiger partial charge in [-0.25, -0.2) is 4.98 Å². The Morgan fingerprint density at radius 2 is 2.29 bits per heavy atom. The van der Waals surface area contributed by atoms with Crippen LogP contribution in [-0.2, 0) is 6.54 Å². The number of aromatic nitrogens is 1. The van der Waals surface area contributed by atoms with E-state index >= 15 is 0 Å². The molecule has 2 N–H and O–H groups in total. The topological polar surface area (TPSA) is 49.3 Å². The fourth-order valence-corrected chi connectivity index (χ4v) is 2.56. The molecule has 1 heterocycles. The van der Waals surface area contributed by atoms with Crippen molar-refractivity contribution in [3.8, 4) is 0 Å². The van der Waals surface area contributed by atoms with E-state index < -0.39 is 0 Å². The number of aliphatic imine (C=N–C) groups is 1. The summed E-state index contributed by atoms with van der Waals surface area (Å²) in [7, 11) is 1.81. The third-order valence-electron chi connectivity index (χ3n) is 3.11. The van der Waals surface area contributed by atoms with Crippen LogP contribution in [0.1, 0.15) is 42.3 Å². The Morgan fingerprint density at radius 3 is 2.94 bits per heavy atom. The van der Waals surface area contributed by atoms with Gasteiger partial charge in [0.15, 0.2) is 5.96 Å². The Balaban J connectivity index is 1.50. The van der Waals surface area contributed by atoms with E-state index in [0.717, 1.165) is 23.4 Å². The standard InChI is InChI=1S/C12H18N4S/c1-13-12(15-9-4-5-9)14-6-11-16-10(7-17-11)8-2-3-8/h7-9H,2-6H2,1H3,(H2,13,14,15). The first kappa shape index (κ1) is 11.0. The Bertz CT molecular complexity index is 418. The fraction of sp³-hybridized carbons (Fsp3) is 0.667. The molecular formula is C12H18N4S. The van der Waals surface area contributed by atoms with Crippen molar-refractivity contribution in [2.45, 2.75) is 44.2 Å². The molecule has 0 saturated heterocycles. The molecule has 0 radical (unpaired) electrons. The first-order chi connectivity index (χ1) is 8.35. The molecule has 3 rings (SSSR count). The largest absolute Gasteiger partial charge is 0.354 e. The van der Waals surface area contributed by atoms with Crippen LogP contribution in [-0.4, -0.2) is 24.0 Å². The van der Waals surface area contributed by atoms with E-state index in [1.807, 2.05) is 7.05 Å². The highest BCUT2D eigenvalue weighted by Gasteiger charge is 2.26. The molecule has 4 nitrogen and oxygen atoms in total. The molecule has 2 aliphatic rings. The highest BCUT2D eigenvalue weighted by molar-refractivity contribution is 7.09. The van der Waals surface area contributed by atoms with Crippen LogP contribution < -0.4 is 10.6 Å². The smallest absolute Gasteiger partial charge is 0.191 e. The minimum absolute atomic E-state index is 0.638. The predicted octanol–water partition coefficient (Wildman–Crippen LogP) is 1.85. The molecule has 1 aromatic heterocycles. The molecule has 0 aliphatic heterocycles. The van der Waals surface area contributed by atoms with Gasteiger partial charge >= 0.3 is 0 Å². The van der Waals surface area contributed by atoms with Crippen LogP contribution in [0.4, 0.5) is 0 Å². The lowest BCUT2D eigenvalue weighted by Crippen LogP contribution is -2.38. The molecule has 0 spiro atoms. The van der Waals surface area contributed by atoms with Crippen molar-refractivity contribution in [3.63, 3.8) is 0 Å². The zero-order valence-corrected chi connectivity index (χ0v) is 10.9. The Hall–Kier alpha value is -1.10. The van der Waals surface area contributed by atoms with Crippen molar-refractivity contribution in [1.29, 1.82) is 0 Å². The highest BCUT2D eigenvalue weighted by Crippen LogP contribution is 2.40. The van der Waals surface area contributed by atoms with Crippen molar-refractivity contribution in [3.05, 3.63) is 16.1 Å². The van der Waals surface area contributed by atoms with Crippen molar-refractivity contribution in [1.82, 2.24) is 15.6 Å². The number of nitrogens with zero attached hydrogens (tertiary/aromatic N) is 2. The van der Waals surface area contributed by atoms with Crippen LogP contribution in [0, 0.1) is 0 Å². The summed E-state index contributed by atoms with van der Waals surface area (Å²) in [6.07, 6.45) is 5.18. The van der Waals surface area contributed by atoms with Crippen LogP contribution in [0.3, 0.4) is 0 Å². The van der Waals surface area contributed by atoms with Crippen molar-refractivity contribution >= 4 is 17.3 Å². The Morgan fingerprint density at radius 1 is 1.47 bits per heavy atom. The molecule has 0 bridgehead atoms. The first-order valence-corrected chi connectivity index (χ1v) is 7.14. The maximum Gasteiger partial charge on any atom is 0.191 e. The first-order valence-electron chi connectivity index (χ1n) is 6.26. The maximum atomic E-state index is 4.65. The lowest BCUT2D eigenvalue weighted by Gasteiger charge is -2.09. The van der Waals surface area contributed by atoms with E-state index in [2.05, 4.69) is 26.0 Å². The van der Waals surface area contributed by atoms with Gasteiger partial charge in [0, 0.05) is 24.4 Å². The number of thiazole rings is 1. The SMILES string of the molecule is CN=C(NCc1nc(C2CC2)cs1)NC1CC1. The summed E-state index contributed by atoms with van der Waals surface area (Å²) in [4.78, 5) is 8.86. The van der Waals surface area contributed by atoms with E-state index in [1.54, 1.807) is 11.3 Å². The third-order valence-corrected chi connectivity index (χ3v) is 3.98. The Kier molecular flexibility index (Phi) is 3.01. The van der Waals surface area contributed by atoms with Gasteiger partial charge in [0.1, 0.15) is 5.01 Å². The Labute approximate surface area is 106 Å². The average molecular weight is 250 g/mol. The van der Waals surface area contributed by atoms with E-state index in [1.165, 1.54) is 31.4 Å². The zero-order valence-electron chi connectivity index (χ0n) is 10.1. The van der Waals surface area contributed by atoms with Gasteiger partial charge in [0.2, 0.25) is 0 Å². The fourth-order valence-electron chi connectivity index (χ4n) is 1.75. The maximum absolute atomic E-state index is 4.65. The molecule has 17 heavy (non-hydrogen) atoms. The number of nitrogens with one attached hydrogen (secondary N) is 2. The van der Waals surface area contributed by atoms with E-state index in [0.29, 0.717) is 6.04 Å². The van der Waals surface area contributed by atoms with Gasteiger partial charge in [-0.1, -0.05) is 0 Å². The van der Waals surface area contributed by atoms with Crippen molar-refractivity contribution in [2.24, 2.45) is 4.99 Å². The summed E-state index contributed by atoms with van der Waals surface area (Å²) in [6.45, 7) is 0.782. The van der Waals surface area contributed by atoms with Gasteiger partial charge in [-0.15, -0.1) is 11.3 Å². The minimum Gasteiger partial charge on any atom is -0.354 e. The van der Waals surface area contributed by atoms with Gasteiger partial charge in [-0.2, -0.15) is 0 Å². The van der Waals surface area contributed by atoms with Crippen LogP contribution in [0.25, 0.3) is 0 Å². The van der Waals surface area contributed by atoms with E-state index in [4.69, 9.17) is 0 Å². The van der Waals surface area contributed by atoms with E-state index in [9.17, 15) is 0 Å². The molecule has 0 aromatic carbocycles.